The van der Waals surface area contributed by atoms with Crippen molar-refractivity contribution in [3.05, 3.63) is 11.9 Å². The smallest absolute Gasteiger partial charge is 0.160 e. The minimum Gasteiger partial charge on any atom is -0.493 e. The van der Waals surface area contributed by atoms with Crippen molar-refractivity contribution in [2.45, 2.75) is 57.5 Å². The van der Waals surface area contributed by atoms with Gasteiger partial charge in [-0.25, -0.2) is 0 Å². The van der Waals surface area contributed by atoms with Gasteiger partial charge in [-0.05, 0) is 33.2 Å². The Morgan fingerprint density at radius 2 is 2.22 bits per heavy atom. The van der Waals surface area contributed by atoms with Gasteiger partial charge in [0.25, 0.3) is 0 Å². The first-order valence-electron chi connectivity index (χ1n) is 7.07. The Kier molecular flexibility index (Phi) is 4.64. The molecule has 102 valence electrons. The first-order valence-corrected chi connectivity index (χ1v) is 7.07. The van der Waals surface area contributed by atoms with Crippen LogP contribution >= 0.6 is 0 Å². The van der Waals surface area contributed by atoms with E-state index in [9.17, 15) is 0 Å². The summed E-state index contributed by atoms with van der Waals surface area (Å²) in [6, 6.07) is 0.627. The van der Waals surface area contributed by atoms with Gasteiger partial charge in [-0.1, -0.05) is 12.8 Å². The summed E-state index contributed by atoms with van der Waals surface area (Å²) >= 11 is 0. The Hall–Kier alpha value is -1.03. The summed E-state index contributed by atoms with van der Waals surface area (Å²) in [7, 11) is 3.81. The number of rotatable bonds is 4. The van der Waals surface area contributed by atoms with E-state index in [0.29, 0.717) is 12.0 Å². The van der Waals surface area contributed by atoms with Crippen molar-refractivity contribution in [3.8, 4) is 5.75 Å². The topological polar surface area (TPSA) is 39.1 Å². The molecule has 1 aliphatic rings. The number of hydrogen-bond acceptors (Lipinski definition) is 3. The molecule has 0 radical (unpaired) electrons. The highest BCUT2D eigenvalue weighted by molar-refractivity contribution is 5.29. The molecule has 0 spiro atoms. The molecule has 1 saturated carbocycles. The predicted octanol–water partition coefficient (Wildman–Crippen LogP) is 2.55. The van der Waals surface area contributed by atoms with Crippen LogP contribution in [0.4, 0.5) is 0 Å². The molecule has 1 aromatic heterocycles. The van der Waals surface area contributed by atoms with E-state index < -0.39 is 0 Å². The molecule has 1 N–H and O–H groups in total. The van der Waals surface area contributed by atoms with Crippen molar-refractivity contribution in [2.24, 2.45) is 0 Å². The molecule has 1 heterocycles. The van der Waals surface area contributed by atoms with Crippen molar-refractivity contribution >= 4 is 0 Å². The summed E-state index contributed by atoms with van der Waals surface area (Å²) < 4.78 is 7.59. The summed E-state index contributed by atoms with van der Waals surface area (Å²) in [5.41, 5.74) is 1.29. The third kappa shape index (κ3) is 2.69. The molecule has 4 nitrogen and oxygen atoms in total. The highest BCUT2D eigenvalue weighted by atomic mass is 16.5. The number of hydrogen-bond donors (Lipinski definition) is 1. The first kappa shape index (κ1) is 13.4. The Bertz CT molecular complexity index is 354. The molecular formula is C14H25N3O. The molecule has 2 rings (SSSR count). The third-order valence-electron chi connectivity index (χ3n) is 4.08. The fraction of sp³-hybridized carbons (Fsp3) is 0.786. The van der Waals surface area contributed by atoms with Gasteiger partial charge in [-0.15, -0.1) is 0 Å². The fourth-order valence-corrected chi connectivity index (χ4v) is 3.07. The predicted molar refractivity (Wildman–Crippen MR) is 73.1 cm³/mol. The lowest BCUT2D eigenvalue weighted by Gasteiger charge is -2.21. The van der Waals surface area contributed by atoms with Gasteiger partial charge in [-0.2, -0.15) is 5.10 Å². The Labute approximate surface area is 110 Å². The Balaban J connectivity index is 2.25. The van der Waals surface area contributed by atoms with Crippen molar-refractivity contribution < 1.29 is 4.74 Å². The summed E-state index contributed by atoms with van der Waals surface area (Å²) in [6.45, 7) is 3.06. The maximum atomic E-state index is 5.49. The maximum absolute atomic E-state index is 5.49. The molecular weight excluding hydrogens is 226 g/mol. The largest absolute Gasteiger partial charge is 0.493 e. The van der Waals surface area contributed by atoms with Crippen LogP contribution in [-0.4, -0.2) is 30.0 Å². The molecule has 18 heavy (non-hydrogen) atoms. The van der Waals surface area contributed by atoms with E-state index in [1.165, 1.54) is 37.8 Å². The van der Waals surface area contributed by atoms with Gasteiger partial charge >= 0.3 is 0 Å². The molecule has 0 aromatic carbocycles. The minimum absolute atomic E-state index is 0.572. The van der Waals surface area contributed by atoms with Gasteiger partial charge in [0.05, 0.1) is 19.0 Å². The standard InChI is InChI=1S/C14H25N3O/c1-4-17-14(13(18-3)10-16-17)11-7-5-6-8-12(9-11)15-2/h10-12,15H,4-9H2,1-3H3. The highest BCUT2D eigenvalue weighted by Gasteiger charge is 2.26. The lowest BCUT2D eigenvalue weighted by molar-refractivity contribution is 0.389. The number of aromatic nitrogens is 2. The van der Waals surface area contributed by atoms with Crippen molar-refractivity contribution in [2.75, 3.05) is 14.2 Å². The second kappa shape index (κ2) is 6.23. The molecule has 1 fully saturated rings. The molecule has 0 amide bonds. The number of ether oxygens (including phenoxy) is 1. The van der Waals surface area contributed by atoms with Crippen molar-refractivity contribution in [3.63, 3.8) is 0 Å². The monoisotopic (exact) mass is 251 g/mol. The molecule has 2 unspecified atom stereocenters. The van der Waals surface area contributed by atoms with Gasteiger partial charge in [0, 0.05) is 18.5 Å². The zero-order valence-corrected chi connectivity index (χ0v) is 11.8. The molecule has 2 atom stereocenters. The first-order chi connectivity index (χ1) is 8.80. The summed E-state index contributed by atoms with van der Waals surface area (Å²) in [4.78, 5) is 0. The third-order valence-corrected chi connectivity index (χ3v) is 4.08. The number of nitrogens with zero attached hydrogens (tertiary/aromatic N) is 2. The van der Waals surface area contributed by atoms with E-state index >= 15 is 0 Å². The van der Waals surface area contributed by atoms with Crippen LogP contribution in [-0.2, 0) is 6.54 Å². The van der Waals surface area contributed by atoms with Crippen LogP contribution in [0.25, 0.3) is 0 Å². The minimum atomic E-state index is 0.572. The van der Waals surface area contributed by atoms with E-state index in [4.69, 9.17) is 4.74 Å². The second-order valence-corrected chi connectivity index (χ2v) is 5.12. The SMILES string of the molecule is CCn1ncc(OC)c1C1CCCCC(NC)C1. The molecule has 0 bridgehead atoms. The zero-order valence-electron chi connectivity index (χ0n) is 11.8. The maximum Gasteiger partial charge on any atom is 0.160 e. The summed E-state index contributed by atoms with van der Waals surface area (Å²) in [5, 5.41) is 7.87. The van der Waals surface area contributed by atoms with Gasteiger partial charge in [-0.3, -0.25) is 4.68 Å². The van der Waals surface area contributed by atoms with Gasteiger partial charge in [0.15, 0.2) is 5.75 Å². The van der Waals surface area contributed by atoms with Crippen LogP contribution < -0.4 is 10.1 Å². The number of methoxy groups -OCH3 is 1. The number of nitrogens with one attached hydrogen (secondary N) is 1. The number of aryl methyl sites for hydroxylation is 1. The zero-order chi connectivity index (χ0) is 13.0. The molecule has 1 aromatic rings. The highest BCUT2D eigenvalue weighted by Crippen LogP contribution is 2.36. The van der Waals surface area contributed by atoms with Crippen molar-refractivity contribution in [1.82, 2.24) is 15.1 Å². The summed E-state index contributed by atoms with van der Waals surface area (Å²) in [5.74, 6) is 1.53. The van der Waals surface area contributed by atoms with Crippen LogP contribution in [0.2, 0.25) is 0 Å². The fourth-order valence-electron chi connectivity index (χ4n) is 3.07. The lowest BCUT2D eigenvalue weighted by atomic mass is 9.94. The summed E-state index contributed by atoms with van der Waals surface area (Å²) in [6.07, 6.45) is 8.22. The van der Waals surface area contributed by atoms with Crippen molar-refractivity contribution in [1.29, 1.82) is 0 Å². The van der Waals surface area contributed by atoms with E-state index in [1.807, 2.05) is 6.20 Å². The van der Waals surface area contributed by atoms with Gasteiger partial charge in [0.2, 0.25) is 0 Å². The van der Waals surface area contributed by atoms with E-state index in [2.05, 4.69) is 29.1 Å². The van der Waals surface area contributed by atoms with E-state index in [0.717, 1.165) is 12.3 Å². The molecule has 1 aliphatic carbocycles. The lowest BCUT2D eigenvalue weighted by Crippen LogP contribution is -2.26. The van der Waals surface area contributed by atoms with Crippen LogP contribution in [0.1, 0.15) is 50.6 Å². The Morgan fingerprint density at radius 3 is 2.89 bits per heavy atom. The molecule has 0 saturated heterocycles. The van der Waals surface area contributed by atoms with Crippen LogP contribution in [0.3, 0.4) is 0 Å². The average molecular weight is 251 g/mol. The van der Waals surface area contributed by atoms with Gasteiger partial charge in [0.1, 0.15) is 0 Å². The van der Waals surface area contributed by atoms with Crippen LogP contribution in [0.5, 0.6) is 5.75 Å². The van der Waals surface area contributed by atoms with Crippen LogP contribution in [0, 0.1) is 0 Å². The molecule has 4 heteroatoms. The van der Waals surface area contributed by atoms with Crippen LogP contribution in [0.15, 0.2) is 6.20 Å². The van der Waals surface area contributed by atoms with Gasteiger partial charge < -0.3 is 10.1 Å². The molecule has 0 aliphatic heterocycles. The normalized spacial score (nSPS) is 24.8. The average Bonchev–Trinajstić information content (AvgIpc) is 2.68. The quantitative estimate of drug-likeness (QED) is 0.836. The Morgan fingerprint density at radius 1 is 1.44 bits per heavy atom. The van der Waals surface area contributed by atoms with E-state index in [1.54, 1.807) is 7.11 Å². The van der Waals surface area contributed by atoms with E-state index in [-0.39, 0.29) is 0 Å². The second-order valence-electron chi connectivity index (χ2n) is 5.12.